The van der Waals surface area contributed by atoms with Crippen molar-refractivity contribution in [1.29, 1.82) is 0 Å². The van der Waals surface area contributed by atoms with Gasteiger partial charge >= 0.3 is 5.63 Å². The van der Waals surface area contributed by atoms with E-state index in [-0.39, 0.29) is 0 Å². The van der Waals surface area contributed by atoms with Crippen LogP contribution in [0.1, 0.15) is 11.3 Å². The summed E-state index contributed by atoms with van der Waals surface area (Å²) in [5, 5.41) is 0. The van der Waals surface area contributed by atoms with Gasteiger partial charge in [-0.25, -0.2) is 4.79 Å². The Morgan fingerprint density at radius 3 is 2.33 bits per heavy atom. The third-order valence-corrected chi connectivity index (χ3v) is 2.85. The Balaban J connectivity index is 2.29. The molecule has 110 valence electrons. The van der Waals surface area contributed by atoms with Crippen molar-refractivity contribution < 1.29 is 18.6 Å². The van der Waals surface area contributed by atoms with Crippen molar-refractivity contribution in [3.8, 4) is 17.2 Å². The minimum Gasteiger partial charge on any atom is -0.496 e. The van der Waals surface area contributed by atoms with Gasteiger partial charge in [-0.1, -0.05) is 12.1 Å². The minimum absolute atomic E-state index is 0.411. The predicted molar refractivity (Wildman–Crippen MR) is 80.0 cm³/mol. The molecule has 0 aliphatic carbocycles. The standard InChI is InChI=1S/C16H16O5/c1-18-13-9-12(21-16(17)10-13)6-4-11-5-7-14(19-2)15(8-11)20-3/h4-10H,1-3H3/b6-4-. The molecule has 1 heterocycles. The molecule has 1 aromatic heterocycles. The van der Waals surface area contributed by atoms with Crippen molar-refractivity contribution in [1.82, 2.24) is 0 Å². The number of hydrogen-bond acceptors (Lipinski definition) is 5. The molecule has 0 saturated carbocycles. The van der Waals surface area contributed by atoms with E-state index in [4.69, 9.17) is 18.6 Å². The first kappa shape index (κ1) is 14.7. The van der Waals surface area contributed by atoms with E-state index >= 15 is 0 Å². The number of methoxy groups -OCH3 is 3. The Labute approximate surface area is 122 Å². The summed E-state index contributed by atoms with van der Waals surface area (Å²) in [6.07, 6.45) is 3.49. The quantitative estimate of drug-likeness (QED) is 0.846. The highest BCUT2D eigenvalue weighted by Crippen LogP contribution is 2.28. The average Bonchev–Trinajstić information content (AvgIpc) is 2.52. The molecule has 0 N–H and O–H groups in total. The SMILES string of the molecule is COc1cc(/C=C\c2ccc(OC)c(OC)c2)oc(=O)c1. The van der Waals surface area contributed by atoms with Gasteiger partial charge in [-0.3, -0.25) is 0 Å². The summed E-state index contributed by atoms with van der Waals surface area (Å²) in [4.78, 5) is 11.3. The lowest BCUT2D eigenvalue weighted by atomic mass is 10.1. The van der Waals surface area contributed by atoms with Crippen LogP contribution in [0.15, 0.2) is 39.5 Å². The van der Waals surface area contributed by atoms with Crippen LogP contribution in [0.5, 0.6) is 17.2 Å². The molecule has 0 aliphatic heterocycles. The molecule has 2 aromatic rings. The summed E-state index contributed by atoms with van der Waals surface area (Å²) >= 11 is 0. The normalized spacial score (nSPS) is 10.6. The molecule has 0 amide bonds. The number of benzene rings is 1. The smallest absolute Gasteiger partial charge is 0.339 e. The zero-order valence-electron chi connectivity index (χ0n) is 12.1. The highest BCUT2D eigenvalue weighted by Gasteiger charge is 2.03. The summed E-state index contributed by atoms with van der Waals surface area (Å²) in [5.74, 6) is 2.15. The van der Waals surface area contributed by atoms with Crippen molar-refractivity contribution in [2.45, 2.75) is 0 Å². The van der Waals surface area contributed by atoms with E-state index in [1.54, 1.807) is 38.5 Å². The second-order valence-electron chi connectivity index (χ2n) is 4.17. The molecule has 1 aromatic carbocycles. The van der Waals surface area contributed by atoms with Crippen LogP contribution < -0.4 is 19.8 Å². The first-order valence-electron chi connectivity index (χ1n) is 6.25. The fraction of sp³-hybridized carbons (Fsp3) is 0.188. The van der Waals surface area contributed by atoms with Gasteiger partial charge in [0.25, 0.3) is 0 Å². The lowest BCUT2D eigenvalue weighted by molar-refractivity contribution is 0.355. The Morgan fingerprint density at radius 2 is 1.67 bits per heavy atom. The molecule has 0 bridgehead atoms. The van der Waals surface area contributed by atoms with Gasteiger partial charge in [0.1, 0.15) is 11.5 Å². The van der Waals surface area contributed by atoms with Gasteiger partial charge in [-0.05, 0) is 23.8 Å². The van der Waals surface area contributed by atoms with Crippen LogP contribution in [-0.2, 0) is 0 Å². The molecule has 0 aliphatic rings. The van der Waals surface area contributed by atoms with Crippen LogP contribution in [0.3, 0.4) is 0 Å². The van der Waals surface area contributed by atoms with Crippen LogP contribution in [-0.4, -0.2) is 21.3 Å². The maximum atomic E-state index is 11.3. The van der Waals surface area contributed by atoms with E-state index in [1.807, 2.05) is 12.1 Å². The summed E-state index contributed by atoms with van der Waals surface area (Å²) in [6, 6.07) is 8.43. The Kier molecular flexibility index (Phi) is 4.66. The lowest BCUT2D eigenvalue weighted by Crippen LogP contribution is -1.98. The molecule has 5 heteroatoms. The number of ether oxygens (including phenoxy) is 3. The molecular weight excluding hydrogens is 272 g/mol. The van der Waals surface area contributed by atoms with Crippen molar-refractivity contribution in [2.75, 3.05) is 21.3 Å². The van der Waals surface area contributed by atoms with Crippen LogP contribution in [0.4, 0.5) is 0 Å². The number of rotatable bonds is 5. The fourth-order valence-corrected chi connectivity index (χ4v) is 1.81. The van der Waals surface area contributed by atoms with Gasteiger partial charge in [0.2, 0.25) is 0 Å². The zero-order valence-corrected chi connectivity index (χ0v) is 12.1. The first-order valence-corrected chi connectivity index (χ1v) is 6.25. The van der Waals surface area contributed by atoms with Gasteiger partial charge in [0.15, 0.2) is 11.5 Å². The highest BCUT2D eigenvalue weighted by molar-refractivity contribution is 5.69. The molecule has 0 radical (unpaired) electrons. The van der Waals surface area contributed by atoms with Crippen molar-refractivity contribution in [3.05, 3.63) is 52.1 Å². The van der Waals surface area contributed by atoms with Crippen LogP contribution >= 0.6 is 0 Å². The maximum Gasteiger partial charge on any atom is 0.339 e. The molecule has 0 spiro atoms. The van der Waals surface area contributed by atoms with Crippen LogP contribution in [0.2, 0.25) is 0 Å². The van der Waals surface area contributed by atoms with E-state index < -0.39 is 5.63 Å². The maximum absolute atomic E-state index is 11.3. The van der Waals surface area contributed by atoms with Gasteiger partial charge in [-0.2, -0.15) is 0 Å². The van der Waals surface area contributed by atoms with E-state index in [0.29, 0.717) is 23.0 Å². The molecule has 0 saturated heterocycles. The third kappa shape index (κ3) is 3.66. The van der Waals surface area contributed by atoms with Crippen LogP contribution in [0.25, 0.3) is 12.2 Å². The third-order valence-electron chi connectivity index (χ3n) is 2.85. The first-order chi connectivity index (χ1) is 10.2. The second-order valence-corrected chi connectivity index (χ2v) is 4.17. The molecule has 0 fully saturated rings. The summed E-state index contributed by atoms with van der Waals surface area (Å²) in [5.41, 5.74) is 0.430. The van der Waals surface area contributed by atoms with Crippen LogP contribution in [0, 0.1) is 0 Å². The zero-order chi connectivity index (χ0) is 15.2. The monoisotopic (exact) mass is 288 g/mol. The second kappa shape index (κ2) is 6.65. The van der Waals surface area contributed by atoms with E-state index in [9.17, 15) is 4.79 Å². The predicted octanol–water partition coefficient (Wildman–Crippen LogP) is 2.84. The average molecular weight is 288 g/mol. The summed E-state index contributed by atoms with van der Waals surface area (Å²) in [6.45, 7) is 0. The summed E-state index contributed by atoms with van der Waals surface area (Å²) in [7, 11) is 4.65. The molecular formula is C16H16O5. The largest absolute Gasteiger partial charge is 0.496 e. The molecule has 2 rings (SSSR count). The Bertz CT molecular complexity index is 700. The Hall–Kier alpha value is -2.69. The lowest BCUT2D eigenvalue weighted by Gasteiger charge is -2.07. The Morgan fingerprint density at radius 1 is 0.905 bits per heavy atom. The molecule has 5 nitrogen and oxygen atoms in total. The van der Waals surface area contributed by atoms with Gasteiger partial charge < -0.3 is 18.6 Å². The summed E-state index contributed by atoms with van der Waals surface area (Å²) < 4.78 is 20.5. The molecule has 0 unspecified atom stereocenters. The molecule has 21 heavy (non-hydrogen) atoms. The number of hydrogen-bond donors (Lipinski definition) is 0. The molecule has 0 atom stereocenters. The topological polar surface area (TPSA) is 57.9 Å². The minimum atomic E-state index is -0.457. The van der Waals surface area contributed by atoms with E-state index in [2.05, 4.69) is 0 Å². The van der Waals surface area contributed by atoms with Gasteiger partial charge in [0, 0.05) is 6.07 Å². The van der Waals surface area contributed by atoms with Crippen molar-refractivity contribution >= 4 is 12.2 Å². The highest BCUT2D eigenvalue weighted by atomic mass is 16.5. The van der Waals surface area contributed by atoms with E-state index in [1.165, 1.54) is 13.2 Å². The van der Waals surface area contributed by atoms with Crippen molar-refractivity contribution in [3.63, 3.8) is 0 Å². The van der Waals surface area contributed by atoms with Gasteiger partial charge in [0.05, 0.1) is 27.4 Å². The van der Waals surface area contributed by atoms with Gasteiger partial charge in [-0.15, -0.1) is 0 Å². The van der Waals surface area contributed by atoms with Crippen molar-refractivity contribution in [2.24, 2.45) is 0 Å². The fourth-order valence-electron chi connectivity index (χ4n) is 1.81. The van der Waals surface area contributed by atoms with E-state index in [0.717, 1.165) is 5.56 Å².